The van der Waals surface area contributed by atoms with Crippen molar-refractivity contribution in [1.82, 2.24) is 0 Å². The van der Waals surface area contributed by atoms with Crippen LogP contribution in [0.5, 0.6) is 0 Å². The van der Waals surface area contributed by atoms with Crippen molar-refractivity contribution in [3.63, 3.8) is 0 Å². The molecule has 0 radical (unpaired) electrons. The summed E-state index contributed by atoms with van der Waals surface area (Å²) in [6.45, 7) is 0. The summed E-state index contributed by atoms with van der Waals surface area (Å²) in [5.41, 5.74) is 0.322. The second-order valence-corrected chi connectivity index (χ2v) is 4.18. The van der Waals surface area contributed by atoms with Crippen LogP contribution in [0.25, 0.3) is 6.08 Å². The number of carbonyl (C=O) groups is 2. The highest BCUT2D eigenvalue weighted by Gasteiger charge is 2.16. The fraction of sp³-hybridized carbons (Fsp3) is 0.0625. The average molecular weight is 296 g/mol. The Morgan fingerprint density at radius 3 is 2.68 bits per heavy atom. The SMILES string of the molecule is COC(=O)c1ccccc1NC(=O)/C(C#N)=C/c1ccco1. The predicted octanol–water partition coefficient (Wildman–Crippen LogP) is 2.61. The lowest BCUT2D eigenvalue weighted by molar-refractivity contribution is -0.112. The summed E-state index contributed by atoms with van der Waals surface area (Å²) < 4.78 is 9.71. The molecule has 6 nitrogen and oxygen atoms in total. The van der Waals surface area contributed by atoms with E-state index in [9.17, 15) is 9.59 Å². The number of hydrogen-bond donors (Lipinski definition) is 1. The number of para-hydroxylation sites is 1. The first-order chi connectivity index (χ1) is 10.7. The molecule has 2 rings (SSSR count). The van der Waals surface area contributed by atoms with E-state index in [4.69, 9.17) is 9.68 Å². The number of methoxy groups -OCH3 is 1. The predicted molar refractivity (Wildman–Crippen MR) is 78.7 cm³/mol. The summed E-state index contributed by atoms with van der Waals surface area (Å²) in [4.78, 5) is 23.8. The number of amides is 1. The standard InChI is InChI=1S/C16H12N2O4/c1-21-16(20)13-6-2-3-7-14(13)18-15(19)11(10-17)9-12-5-4-8-22-12/h2-9H,1H3,(H,18,19)/b11-9+. The Balaban J connectivity index is 2.25. The lowest BCUT2D eigenvalue weighted by Gasteiger charge is -2.08. The third-order valence-corrected chi connectivity index (χ3v) is 2.78. The number of rotatable bonds is 4. The van der Waals surface area contributed by atoms with Crippen LogP contribution in [0.1, 0.15) is 16.1 Å². The molecule has 0 unspecified atom stereocenters. The Morgan fingerprint density at radius 2 is 2.05 bits per heavy atom. The van der Waals surface area contributed by atoms with Gasteiger partial charge < -0.3 is 14.5 Å². The minimum Gasteiger partial charge on any atom is -0.465 e. The maximum Gasteiger partial charge on any atom is 0.339 e. The second-order valence-electron chi connectivity index (χ2n) is 4.18. The van der Waals surface area contributed by atoms with Crippen LogP contribution < -0.4 is 5.32 Å². The molecule has 1 N–H and O–H groups in total. The number of nitrogens with zero attached hydrogens (tertiary/aromatic N) is 1. The van der Waals surface area contributed by atoms with Crippen LogP contribution in [-0.4, -0.2) is 19.0 Å². The van der Waals surface area contributed by atoms with Gasteiger partial charge in [-0.1, -0.05) is 12.1 Å². The molecule has 110 valence electrons. The summed E-state index contributed by atoms with van der Waals surface area (Å²) >= 11 is 0. The number of esters is 1. The van der Waals surface area contributed by atoms with Gasteiger partial charge in [-0.25, -0.2) is 4.79 Å². The number of benzene rings is 1. The monoisotopic (exact) mass is 296 g/mol. The first-order valence-corrected chi connectivity index (χ1v) is 6.29. The zero-order chi connectivity index (χ0) is 15.9. The molecule has 0 saturated carbocycles. The van der Waals surface area contributed by atoms with Crippen molar-refractivity contribution in [2.45, 2.75) is 0 Å². The molecule has 1 heterocycles. The molecule has 0 atom stereocenters. The van der Waals surface area contributed by atoms with Crippen molar-refractivity contribution in [1.29, 1.82) is 5.26 Å². The molecule has 0 spiro atoms. The summed E-state index contributed by atoms with van der Waals surface area (Å²) in [5.74, 6) is -0.840. The molecule has 0 aliphatic rings. The highest BCUT2D eigenvalue weighted by molar-refractivity contribution is 6.11. The van der Waals surface area contributed by atoms with Gasteiger partial charge in [-0.2, -0.15) is 5.26 Å². The van der Waals surface area contributed by atoms with Gasteiger partial charge in [0, 0.05) is 6.08 Å². The van der Waals surface area contributed by atoms with Crippen molar-refractivity contribution in [3.05, 3.63) is 59.6 Å². The molecule has 1 amide bonds. The fourth-order valence-corrected chi connectivity index (χ4v) is 1.73. The van der Waals surface area contributed by atoms with Crippen molar-refractivity contribution < 1.29 is 18.7 Å². The number of anilines is 1. The average Bonchev–Trinajstić information content (AvgIpc) is 3.05. The number of nitrogens with one attached hydrogen (secondary N) is 1. The Kier molecular flexibility index (Phi) is 4.73. The van der Waals surface area contributed by atoms with E-state index in [0.29, 0.717) is 5.76 Å². The number of nitriles is 1. The molecular formula is C16H12N2O4. The van der Waals surface area contributed by atoms with Crippen LogP contribution in [0.4, 0.5) is 5.69 Å². The summed E-state index contributed by atoms with van der Waals surface area (Å²) in [7, 11) is 1.25. The molecule has 0 aliphatic heterocycles. The Morgan fingerprint density at radius 1 is 1.27 bits per heavy atom. The normalized spacial score (nSPS) is 10.6. The third kappa shape index (κ3) is 3.41. The van der Waals surface area contributed by atoms with Gasteiger partial charge in [0.15, 0.2) is 0 Å². The second kappa shape index (κ2) is 6.90. The molecule has 1 aromatic carbocycles. The van der Waals surface area contributed by atoms with E-state index < -0.39 is 11.9 Å². The maximum absolute atomic E-state index is 12.1. The van der Waals surface area contributed by atoms with E-state index in [1.165, 1.54) is 25.5 Å². The first-order valence-electron chi connectivity index (χ1n) is 6.29. The molecule has 2 aromatic rings. The van der Waals surface area contributed by atoms with E-state index in [2.05, 4.69) is 10.1 Å². The van der Waals surface area contributed by atoms with Crippen LogP contribution >= 0.6 is 0 Å². The molecule has 6 heteroatoms. The van der Waals surface area contributed by atoms with Crippen LogP contribution in [0.3, 0.4) is 0 Å². The molecule has 0 aliphatic carbocycles. The summed E-state index contributed by atoms with van der Waals surface area (Å²) in [5, 5.41) is 11.6. The number of carbonyl (C=O) groups excluding carboxylic acids is 2. The van der Waals surface area contributed by atoms with E-state index in [1.54, 1.807) is 36.4 Å². The highest BCUT2D eigenvalue weighted by Crippen LogP contribution is 2.17. The Bertz CT molecular complexity index is 755. The zero-order valence-electron chi connectivity index (χ0n) is 11.7. The van der Waals surface area contributed by atoms with Gasteiger partial charge in [0.05, 0.1) is 24.6 Å². The number of furan rings is 1. The van der Waals surface area contributed by atoms with Crippen molar-refractivity contribution >= 4 is 23.6 Å². The van der Waals surface area contributed by atoms with Gasteiger partial charge in [-0.3, -0.25) is 4.79 Å². The molecule has 22 heavy (non-hydrogen) atoms. The molecule has 0 saturated heterocycles. The van der Waals surface area contributed by atoms with Gasteiger partial charge >= 0.3 is 5.97 Å². The molecule has 0 bridgehead atoms. The van der Waals surface area contributed by atoms with Crippen molar-refractivity contribution in [2.75, 3.05) is 12.4 Å². The topological polar surface area (TPSA) is 92.3 Å². The van der Waals surface area contributed by atoms with E-state index >= 15 is 0 Å². The van der Waals surface area contributed by atoms with Crippen LogP contribution in [0.15, 0.2) is 52.7 Å². The van der Waals surface area contributed by atoms with Crippen molar-refractivity contribution in [3.8, 4) is 6.07 Å². The van der Waals surface area contributed by atoms with E-state index in [1.807, 2.05) is 0 Å². The highest BCUT2D eigenvalue weighted by atomic mass is 16.5. The fourth-order valence-electron chi connectivity index (χ4n) is 1.73. The van der Waals surface area contributed by atoms with E-state index in [-0.39, 0.29) is 16.8 Å². The van der Waals surface area contributed by atoms with Crippen molar-refractivity contribution in [2.24, 2.45) is 0 Å². The Hall–Kier alpha value is -3.33. The minimum atomic E-state index is -0.643. The van der Waals surface area contributed by atoms with Crippen LogP contribution in [0, 0.1) is 11.3 Å². The maximum atomic E-state index is 12.1. The third-order valence-electron chi connectivity index (χ3n) is 2.78. The lowest BCUT2D eigenvalue weighted by Crippen LogP contribution is -2.16. The smallest absolute Gasteiger partial charge is 0.339 e. The van der Waals surface area contributed by atoms with E-state index in [0.717, 1.165) is 0 Å². The van der Waals surface area contributed by atoms with Gasteiger partial charge in [0.1, 0.15) is 17.4 Å². The first kappa shape index (κ1) is 15.1. The largest absolute Gasteiger partial charge is 0.465 e. The zero-order valence-corrected chi connectivity index (χ0v) is 11.7. The van der Waals surface area contributed by atoms with Crippen LogP contribution in [0.2, 0.25) is 0 Å². The molecule has 1 aromatic heterocycles. The quantitative estimate of drug-likeness (QED) is 0.532. The van der Waals surface area contributed by atoms with Gasteiger partial charge in [0.25, 0.3) is 5.91 Å². The molecular weight excluding hydrogens is 284 g/mol. The Labute approximate surface area is 126 Å². The van der Waals surface area contributed by atoms with Crippen LogP contribution in [-0.2, 0) is 9.53 Å². The number of hydrogen-bond acceptors (Lipinski definition) is 5. The number of ether oxygens (including phenoxy) is 1. The molecule has 0 fully saturated rings. The minimum absolute atomic E-state index is 0.144. The van der Waals surface area contributed by atoms with Gasteiger partial charge in [-0.15, -0.1) is 0 Å². The lowest BCUT2D eigenvalue weighted by atomic mass is 10.1. The summed E-state index contributed by atoms with van der Waals surface area (Å²) in [6, 6.07) is 11.4. The van der Waals surface area contributed by atoms with Gasteiger partial charge in [0.2, 0.25) is 0 Å². The van der Waals surface area contributed by atoms with Gasteiger partial charge in [-0.05, 0) is 24.3 Å². The summed E-state index contributed by atoms with van der Waals surface area (Å²) in [6.07, 6.45) is 2.75.